The number of amides is 1. The van der Waals surface area contributed by atoms with E-state index >= 15 is 0 Å². The van der Waals surface area contributed by atoms with Crippen LogP contribution in [0.25, 0.3) is 0 Å². The summed E-state index contributed by atoms with van der Waals surface area (Å²) in [5.41, 5.74) is -1.05. The molecule has 1 fully saturated rings. The number of hydrogen-bond acceptors (Lipinski definition) is 3. The number of likely N-dealkylation sites (N-methyl/N-ethyl adjacent to an activating group) is 1. The van der Waals surface area contributed by atoms with E-state index in [0.29, 0.717) is 13.2 Å². The predicted molar refractivity (Wildman–Crippen MR) is 70.0 cm³/mol. The second-order valence-corrected chi connectivity index (χ2v) is 5.22. The summed E-state index contributed by atoms with van der Waals surface area (Å²) in [6.45, 7) is 3.83. The average Bonchev–Trinajstić information content (AvgIpc) is 2.88. The van der Waals surface area contributed by atoms with Gasteiger partial charge in [0, 0.05) is 13.1 Å². The number of halogens is 3. The van der Waals surface area contributed by atoms with Crippen molar-refractivity contribution in [3.8, 4) is 0 Å². The van der Waals surface area contributed by atoms with E-state index in [4.69, 9.17) is 4.74 Å². The van der Waals surface area contributed by atoms with E-state index in [-0.39, 0.29) is 17.8 Å². The molecule has 1 saturated heterocycles. The average molecular weight is 305 g/mol. The first-order valence-electron chi connectivity index (χ1n) is 6.64. The lowest BCUT2D eigenvalue weighted by Crippen LogP contribution is -2.51. The highest BCUT2D eigenvalue weighted by Gasteiger charge is 2.33. The monoisotopic (exact) mass is 305 g/mol. The number of carbonyl (C=O) groups excluding carboxylic acids is 1. The number of nitrogens with one attached hydrogen (secondary N) is 2. The van der Waals surface area contributed by atoms with Gasteiger partial charge in [-0.2, -0.15) is 13.2 Å². The number of nitrogens with zero attached hydrogens (tertiary/aromatic N) is 1. The van der Waals surface area contributed by atoms with Gasteiger partial charge in [0.2, 0.25) is 0 Å². The first-order chi connectivity index (χ1) is 9.77. The van der Waals surface area contributed by atoms with E-state index in [1.54, 1.807) is 6.92 Å². The molecule has 0 spiro atoms. The number of carbonyl (C=O) groups is 1. The predicted octanol–water partition coefficient (Wildman–Crippen LogP) is 1.48. The fourth-order valence-electron chi connectivity index (χ4n) is 2.18. The topological polar surface area (TPSA) is 57.4 Å². The van der Waals surface area contributed by atoms with E-state index in [0.717, 1.165) is 18.7 Å². The molecule has 0 aliphatic carbocycles. The van der Waals surface area contributed by atoms with Crippen LogP contribution >= 0.6 is 0 Å². The third-order valence-electron chi connectivity index (χ3n) is 3.45. The lowest BCUT2D eigenvalue weighted by Gasteiger charge is -2.33. The Morgan fingerprint density at radius 3 is 2.81 bits per heavy atom. The van der Waals surface area contributed by atoms with Gasteiger partial charge in [-0.25, -0.2) is 0 Å². The quantitative estimate of drug-likeness (QED) is 0.889. The van der Waals surface area contributed by atoms with E-state index in [1.165, 1.54) is 0 Å². The molecule has 0 bridgehead atoms. The maximum Gasteiger partial charge on any atom is 0.431 e. The molecule has 5 nitrogen and oxygen atoms in total. The van der Waals surface area contributed by atoms with Crippen molar-refractivity contribution >= 4 is 5.91 Å². The molecule has 1 aromatic rings. The number of ether oxygens (including phenoxy) is 1. The fourth-order valence-corrected chi connectivity index (χ4v) is 2.18. The number of aromatic amines is 1. The number of rotatable bonds is 3. The summed E-state index contributed by atoms with van der Waals surface area (Å²) in [6.07, 6.45) is -4.66. The maximum atomic E-state index is 12.5. The van der Waals surface area contributed by atoms with Crippen molar-refractivity contribution in [2.75, 3.05) is 26.7 Å². The van der Waals surface area contributed by atoms with Gasteiger partial charge in [-0.15, -0.1) is 0 Å². The molecule has 1 aromatic heterocycles. The van der Waals surface area contributed by atoms with Gasteiger partial charge in [0.25, 0.3) is 5.91 Å². The fraction of sp³-hybridized carbons (Fsp3) is 0.615. The molecule has 21 heavy (non-hydrogen) atoms. The molecule has 0 aromatic carbocycles. The van der Waals surface area contributed by atoms with Crippen molar-refractivity contribution in [3.05, 3.63) is 23.5 Å². The Labute approximate surface area is 120 Å². The molecule has 2 heterocycles. The van der Waals surface area contributed by atoms with Gasteiger partial charge in [-0.05, 0) is 26.1 Å². The summed E-state index contributed by atoms with van der Waals surface area (Å²) in [5, 5.41) is 2.66. The van der Waals surface area contributed by atoms with Crippen LogP contribution < -0.4 is 5.32 Å². The van der Waals surface area contributed by atoms with Crippen LogP contribution in [-0.2, 0) is 10.9 Å². The minimum Gasteiger partial charge on any atom is -0.373 e. The molecule has 2 rings (SSSR count). The molecular formula is C13H18F3N3O2. The molecule has 118 valence electrons. The Morgan fingerprint density at radius 1 is 1.52 bits per heavy atom. The number of H-pyrrole nitrogens is 1. The Hall–Kier alpha value is -1.54. The van der Waals surface area contributed by atoms with Gasteiger partial charge >= 0.3 is 6.18 Å². The third-order valence-corrected chi connectivity index (χ3v) is 3.45. The van der Waals surface area contributed by atoms with Crippen molar-refractivity contribution in [1.82, 2.24) is 15.2 Å². The van der Waals surface area contributed by atoms with Gasteiger partial charge in [-0.3, -0.25) is 4.79 Å². The molecule has 1 aliphatic heterocycles. The van der Waals surface area contributed by atoms with Gasteiger partial charge in [0.1, 0.15) is 11.4 Å². The molecule has 0 radical (unpaired) electrons. The van der Waals surface area contributed by atoms with Crippen molar-refractivity contribution in [2.45, 2.75) is 25.2 Å². The summed E-state index contributed by atoms with van der Waals surface area (Å²) < 4.78 is 43.0. The molecule has 0 saturated carbocycles. The molecular weight excluding hydrogens is 287 g/mol. The number of alkyl halides is 3. The molecule has 2 N–H and O–H groups in total. The van der Waals surface area contributed by atoms with Crippen LogP contribution in [0.5, 0.6) is 0 Å². The van der Waals surface area contributed by atoms with E-state index in [1.807, 2.05) is 7.05 Å². The third kappa shape index (κ3) is 3.98. The first kappa shape index (κ1) is 15.8. The van der Waals surface area contributed by atoms with E-state index in [2.05, 4.69) is 15.2 Å². The minimum absolute atomic E-state index is 0.113. The van der Waals surface area contributed by atoms with Gasteiger partial charge in [-0.1, -0.05) is 0 Å². The van der Waals surface area contributed by atoms with Crippen molar-refractivity contribution in [1.29, 1.82) is 0 Å². The SMILES string of the molecule is CC(NC(=O)c1ccc(C(F)(F)F)[nH]1)C1CN(C)CCO1. The van der Waals surface area contributed by atoms with E-state index < -0.39 is 17.8 Å². The highest BCUT2D eigenvalue weighted by Crippen LogP contribution is 2.28. The molecule has 2 unspecified atom stereocenters. The van der Waals surface area contributed by atoms with Crippen LogP contribution in [0.1, 0.15) is 23.1 Å². The van der Waals surface area contributed by atoms with Gasteiger partial charge in [0.15, 0.2) is 0 Å². The maximum absolute atomic E-state index is 12.5. The summed E-state index contributed by atoms with van der Waals surface area (Å²) in [5.74, 6) is -0.574. The zero-order valence-electron chi connectivity index (χ0n) is 11.8. The standard InChI is InChI=1S/C13H18F3N3O2/c1-8(10-7-19(2)5-6-21-10)17-12(20)9-3-4-11(18-9)13(14,15)16/h3-4,8,10,18H,5-7H2,1-2H3,(H,17,20). The number of hydrogen-bond donors (Lipinski definition) is 2. The lowest BCUT2D eigenvalue weighted by atomic mass is 10.1. The van der Waals surface area contributed by atoms with Crippen LogP contribution in [0.15, 0.2) is 12.1 Å². The summed E-state index contributed by atoms with van der Waals surface area (Å²) in [4.78, 5) is 16.1. The van der Waals surface area contributed by atoms with Crippen LogP contribution in [0, 0.1) is 0 Å². The molecule has 1 amide bonds. The molecule has 2 atom stereocenters. The van der Waals surface area contributed by atoms with Gasteiger partial charge in [0.05, 0.1) is 18.8 Å². The highest BCUT2D eigenvalue weighted by atomic mass is 19.4. The van der Waals surface area contributed by atoms with Crippen LogP contribution in [0.4, 0.5) is 13.2 Å². The van der Waals surface area contributed by atoms with E-state index in [9.17, 15) is 18.0 Å². The van der Waals surface area contributed by atoms with Crippen LogP contribution in [0.2, 0.25) is 0 Å². The van der Waals surface area contributed by atoms with Gasteiger partial charge < -0.3 is 19.9 Å². The number of aromatic nitrogens is 1. The van der Waals surface area contributed by atoms with Crippen LogP contribution in [0.3, 0.4) is 0 Å². The zero-order chi connectivity index (χ0) is 15.6. The molecule has 8 heteroatoms. The Kier molecular flexibility index (Phi) is 4.58. The second kappa shape index (κ2) is 6.07. The second-order valence-electron chi connectivity index (χ2n) is 5.22. The normalized spacial score (nSPS) is 22.0. The van der Waals surface area contributed by atoms with Crippen LogP contribution in [-0.4, -0.2) is 54.7 Å². The Balaban J connectivity index is 1.96. The van der Waals surface area contributed by atoms with Crippen molar-refractivity contribution in [3.63, 3.8) is 0 Å². The largest absolute Gasteiger partial charge is 0.431 e. The summed E-state index contributed by atoms with van der Waals surface area (Å²) in [7, 11) is 1.95. The molecule has 1 aliphatic rings. The minimum atomic E-state index is -4.49. The summed E-state index contributed by atoms with van der Waals surface area (Å²) >= 11 is 0. The first-order valence-corrected chi connectivity index (χ1v) is 6.64. The Morgan fingerprint density at radius 2 is 2.24 bits per heavy atom. The number of morpholine rings is 1. The highest BCUT2D eigenvalue weighted by molar-refractivity contribution is 5.92. The smallest absolute Gasteiger partial charge is 0.373 e. The van der Waals surface area contributed by atoms with Crippen molar-refractivity contribution in [2.24, 2.45) is 0 Å². The van der Waals surface area contributed by atoms with Crippen molar-refractivity contribution < 1.29 is 22.7 Å². The zero-order valence-corrected chi connectivity index (χ0v) is 11.8. The summed E-state index contributed by atoms with van der Waals surface area (Å²) in [6, 6.07) is 1.68. The Bertz CT molecular complexity index is 501. The lowest BCUT2D eigenvalue weighted by molar-refractivity contribution is -0.140.